The van der Waals surface area contributed by atoms with Crippen molar-refractivity contribution in [3.05, 3.63) is 29.4 Å². The smallest absolute Gasteiger partial charge is 0.295 e. The van der Waals surface area contributed by atoms with E-state index in [1.54, 1.807) is 0 Å². The molecule has 10 heteroatoms. The molecule has 2 fully saturated rings. The van der Waals surface area contributed by atoms with Crippen LogP contribution in [0.5, 0.6) is 0 Å². The molecule has 2 saturated heterocycles. The molecular weight excluding hydrogens is 328 g/mol. The number of aryl methyl sites for hydroxylation is 1. The quantitative estimate of drug-likeness (QED) is 0.842. The molecule has 0 saturated carbocycles. The first kappa shape index (κ1) is 15.8. The van der Waals surface area contributed by atoms with Crippen molar-refractivity contribution in [1.29, 1.82) is 0 Å². The van der Waals surface area contributed by atoms with Gasteiger partial charge in [0.2, 0.25) is 5.91 Å². The number of hydrogen-bond acceptors (Lipinski definition) is 8. The Morgan fingerprint density at radius 3 is 3.00 bits per heavy atom. The number of carbonyl (C=O) groups is 2. The Morgan fingerprint density at radius 1 is 1.40 bits per heavy atom. The fraction of sp³-hybridized carbons (Fsp3) is 0.533. The third kappa shape index (κ3) is 2.78. The summed E-state index contributed by atoms with van der Waals surface area (Å²) in [5, 5.41) is 12.8. The summed E-state index contributed by atoms with van der Waals surface area (Å²) in [4.78, 5) is 27.0. The summed E-state index contributed by atoms with van der Waals surface area (Å²) < 4.78 is 9.51. The molecule has 4 rings (SSSR count). The van der Waals surface area contributed by atoms with Crippen LogP contribution >= 0.6 is 0 Å². The first-order chi connectivity index (χ1) is 12.1. The first-order valence-corrected chi connectivity index (χ1v) is 8.12. The van der Waals surface area contributed by atoms with E-state index < -0.39 is 5.54 Å². The van der Waals surface area contributed by atoms with Gasteiger partial charge in [0.05, 0.1) is 12.0 Å². The zero-order valence-corrected chi connectivity index (χ0v) is 13.8. The van der Waals surface area contributed by atoms with Crippen molar-refractivity contribution < 1.29 is 18.7 Å². The van der Waals surface area contributed by atoms with Crippen LogP contribution in [0.3, 0.4) is 0 Å². The van der Waals surface area contributed by atoms with E-state index in [1.165, 1.54) is 17.3 Å². The molecule has 0 aromatic carbocycles. The van der Waals surface area contributed by atoms with E-state index >= 15 is 0 Å². The van der Waals surface area contributed by atoms with Crippen LogP contribution in [0.4, 0.5) is 0 Å². The SMILES string of the molecule is Cc1nonc1CN1CCCC2(CC(=O)NN2C(=O)c2ccon2)C1. The number of amides is 2. The number of hydrogen-bond donors (Lipinski definition) is 1. The van der Waals surface area contributed by atoms with Crippen LogP contribution in [0.15, 0.2) is 21.5 Å². The van der Waals surface area contributed by atoms with E-state index in [4.69, 9.17) is 9.15 Å². The van der Waals surface area contributed by atoms with Crippen LogP contribution in [-0.4, -0.2) is 55.8 Å². The van der Waals surface area contributed by atoms with Crippen molar-refractivity contribution in [2.24, 2.45) is 0 Å². The second-order valence-electron chi connectivity index (χ2n) is 6.57. The summed E-state index contributed by atoms with van der Waals surface area (Å²) in [6.45, 7) is 3.82. The lowest BCUT2D eigenvalue weighted by Gasteiger charge is -2.43. The summed E-state index contributed by atoms with van der Waals surface area (Å²) in [6, 6.07) is 1.49. The molecule has 25 heavy (non-hydrogen) atoms. The monoisotopic (exact) mass is 346 g/mol. The zero-order valence-electron chi connectivity index (χ0n) is 13.8. The highest BCUT2D eigenvalue weighted by molar-refractivity contribution is 5.96. The molecule has 4 heterocycles. The summed E-state index contributed by atoms with van der Waals surface area (Å²) in [7, 11) is 0. The maximum Gasteiger partial charge on any atom is 0.295 e. The molecule has 2 aliphatic rings. The molecule has 2 aliphatic heterocycles. The third-order valence-electron chi connectivity index (χ3n) is 4.81. The number of nitrogens with one attached hydrogen (secondary N) is 1. The van der Waals surface area contributed by atoms with Gasteiger partial charge in [-0.3, -0.25) is 19.9 Å². The standard InChI is InChI=1S/C15H18N6O4/c1-10-12(19-25-17-10)8-20-5-2-4-15(9-20)7-13(22)16-21(15)14(23)11-3-6-24-18-11/h3,6H,2,4-5,7-9H2,1H3,(H,16,22). The van der Waals surface area contributed by atoms with Gasteiger partial charge in [0.15, 0.2) is 5.69 Å². The summed E-state index contributed by atoms with van der Waals surface area (Å²) in [5.74, 6) is -0.529. The normalized spacial score (nSPS) is 24.0. The molecule has 0 bridgehead atoms. The molecule has 1 N–H and O–H groups in total. The second-order valence-corrected chi connectivity index (χ2v) is 6.57. The molecule has 0 radical (unpaired) electrons. The molecule has 2 aromatic rings. The minimum Gasteiger partial charge on any atom is -0.364 e. The van der Waals surface area contributed by atoms with Crippen LogP contribution < -0.4 is 5.43 Å². The van der Waals surface area contributed by atoms with Crippen molar-refractivity contribution >= 4 is 11.8 Å². The number of hydrazine groups is 1. The highest BCUT2D eigenvalue weighted by Crippen LogP contribution is 2.35. The molecule has 132 valence electrons. The number of nitrogens with zero attached hydrogens (tertiary/aromatic N) is 5. The number of rotatable bonds is 3. The van der Waals surface area contributed by atoms with Gasteiger partial charge in [0.25, 0.3) is 5.91 Å². The van der Waals surface area contributed by atoms with Crippen LogP contribution in [0, 0.1) is 6.92 Å². The van der Waals surface area contributed by atoms with E-state index in [-0.39, 0.29) is 23.9 Å². The van der Waals surface area contributed by atoms with Gasteiger partial charge < -0.3 is 4.52 Å². The van der Waals surface area contributed by atoms with E-state index in [9.17, 15) is 9.59 Å². The lowest BCUT2D eigenvalue weighted by molar-refractivity contribution is -0.120. The van der Waals surface area contributed by atoms with Crippen LogP contribution in [0.1, 0.15) is 41.1 Å². The van der Waals surface area contributed by atoms with Crippen LogP contribution in [-0.2, 0) is 11.3 Å². The largest absolute Gasteiger partial charge is 0.364 e. The van der Waals surface area contributed by atoms with Gasteiger partial charge in [0.1, 0.15) is 17.7 Å². The molecule has 0 aliphatic carbocycles. The van der Waals surface area contributed by atoms with Crippen molar-refractivity contribution in [1.82, 2.24) is 30.8 Å². The molecule has 1 unspecified atom stereocenters. The molecule has 10 nitrogen and oxygen atoms in total. The Labute approximate surface area is 143 Å². The van der Waals surface area contributed by atoms with Gasteiger partial charge in [-0.25, -0.2) is 9.64 Å². The summed E-state index contributed by atoms with van der Waals surface area (Å²) in [6.07, 6.45) is 3.21. The van der Waals surface area contributed by atoms with Gasteiger partial charge >= 0.3 is 0 Å². The lowest BCUT2D eigenvalue weighted by atomic mass is 9.86. The van der Waals surface area contributed by atoms with Gasteiger partial charge in [-0.1, -0.05) is 15.5 Å². The predicted octanol–water partition coefficient (Wildman–Crippen LogP) is 0.278. The Hall–Kier alpha value is -2.75. The number of aromatic nitrogens is 3. The van der Waals surface area contributed by atoms with Crippen molar-refractivity contribution in [2.45, 2.75) is 38.3 Å². The average molecular weight is 346 g/mol. The second kappa shape index (κ2) is 5.96. The van der Waals surface area contributed by atoms with Crippen molar-refractivity contribution in [3.8, 4) is 0 Å². The summed E-state index contributed by atoms with van der Waals surface area (Å²) in [5.41, 5.74) is 3.77. The topological polar surface area (TPSA) is 118 Å². The minimum absolute atomic E-state index is 0.169. The molecule has 1 atom stereocenters. The number of carbonyl (C=O) groups excluding carboxylic acids is 2. The Kier molecular flexibility index (Phi) is 3.75. The van der Waals surface area contributed by atoms with Crippen molar-refractivity contribution in [2.75, 3.05) is 13.1 Å². The number of likely N-dealkylation sites (tertiary alicyclic amines) is 1. The minimum atomic E-state index is -0.601. The van der Waals surface area contributed by atoms with E-state index in [2.05, 4.69) is 25.8 Å². The maximum absolute atomic E-state index is 12.7. The van der Waals surface area contributed by atoms with Gasteiger partial charge in [0, 0.05) is 19.2 Å². The average Bonchev–Trinajstić information content (AvgIpc) is 3.30. The van der Waals surface area contributed by atoms with Crippen LogP contribution in [0.2, 0.25) is 0 Å². The van der Waals surface area contributed by atoms with Gasteiger partial charge in [-0.15, -0.1) is 0 Å². The maximum atomic E-state index is 12.7. The Morgan fingerprint density at radius 2 is 2.28 bits per heavy atom. The first-order valence-electron chi connectivity index (χ1n) is 8.12. The third-order valence-corrected chi connectivity index (χ3v) is 4.81. The number of piperidine rings is 1. The Bertz CT molecular complexity index is 788. The Balaban J connectivity index is 1.56. The molecule has 2 aromatic heterocycles. The molecule has 2 amide bonds. The molecule has 1 spiro atoms. The highest BCUT2D eigenvalue weighted by Gasteiger charge is 2.50. The highest BCUT2D eigenvalue weighted by atomic mass is 16.6. The van der Waals surface area contributed by atoms with Crippen LogP contribution in [0.25, 0.3) is 0 Å². The predicted molar refractivity (Wildman–Crippen MR) is 81.7 cm³/mol. The molecular formula is C15H18N6O4. The summed E-state index contributed by atoms with van der Waals surface area (Å²) >= 11 is 0. The van der Waals surface area contributed by atoms with Crippen molar-refractivity contribution in [3.63, 3.8) is 0 Å². The zero-order chi connectivity index (χ0) is 17.4. The fourth-order valence-electron chi connectivity index (χ4n) is 3.64. The van der Waals surface area contributed by atoms with Gasteiger partial charge in [-0.05, 0) is 26.3 Å². The fourth-order valence-corrected chi connectivity index (χ4v) is 3.64. The van der Waals surface area contributed by atoms with E-state index in [0.29, 0.717) is 13.1 Å². The van der Waals surface area contributed by atoms with E-state index in [1.807, 2.05) is 6.92 Å². The lowest BCUT2D eigenvalue weighted by Crippen LogP contribution is -2.59. The van der Waals surface area contributed by atoms with Gasteiger partial charge in [-0.2, -0.15) is 0 Å². The van der Waals surface area contributed by atoms with E-state index in [0.717, 1.165) is 30.8 Å².